The number of rotatable bonds is 10. The van der Waals surface area contributed by atoms with Crippen LogP contribution in [0.25, 0.3) is 11.0 Å². The van der Waals surface area contributed by atoms with Gasteiger partial charge in [0.05, 0.1) is 17.6 Å². The van der Waals surface area contributed by atoms with Crippen molar-refractivity contribution >= 4 is 28.9 Å². The monoisotopic (exact) mass is 532 g/mol. The fourth-order valence-electron chi connectivity index (χ4n) is 4.86. The van der Waals surface area contributed by atoms with Gasteiger partial charge in [-0.15, -0.1) is 0 Å². The van der Waals surface area contributed by atoms with Crippen LogP contribution < -0.4 is 14.5 Å². The van der Waals surface area contributed by atoms with E-state index in [1.807, 2.05) is 44.3 Å². The summed E-state index contributed by atoms with van der Waals surface area (Å²) in [4.78, 5) is 29.9. The molecule has 0 atom stereocenters. The molecule has 1 fully saturated rings. The van der Waals surface area contributed by atoms with Gasteiger partial charge in [-0.05, 0) is 49.1 Å². The Hall–Kier alpha value is -4.21. The lowest BCUT2D eigenvalue weighted by atomic mass is 10.0. The highest BCUT2D eigenvalue weighted by molar-refractivity contribution is 5.79. The fraction of sp³-hybridized carbons (Fsp3) is 0.379. The van der Waals surface area contributed by atoms with Crippen molar-refractivity contribution in [2.45, 2.75) is 45.2 Å². The van der Waals surface area contributed by atoms with Crippen molar-refractivity contribution in [2.75, 3.05) is 36.7 Å². The van der Waals surface area contributed by atoms with E-state index in [0.29, 0.717) is 24.8 Å². The zero-order chi connectivity index (χ0) is 27.2. The minimum atomic E-state index is -0.290. The summed E-state index contributed by atoms with van der Waals surface area (Å²) >= 11 is 0. The highest BCUT2D eigenvalue weighted by Gasteiger charge is 2.27. The fourth-order valence-corrected chi connectivity index (χ4v) is 4.86. The summed E-state index contributed by atoms with van der Waals surface area (Å²) < 4.78 is 26.3. The number of hydrogen-bond donors (Lipinski definition) is 0. The van der Waals surface area contributed by atoms with Gasteiger partial charge < -0.3 is 23.8 Å². The Morgan fingerprint density at radius 1 is 1.08 bits per heavy atom. The molecule has 0 amide bonds. The van der Waals surface area contributed by atoms with Crippen molar-refractivity contribution in [2.24, 2.45) is 0 Å². The van der Waals surface area contributed by atoms with Crippen molar-refractivity contribution in [3.8, 4) is 5.88 Å². The summed E-state index contributed by atoms with van der Waals surface area (Å²) in [6, 6.07) is 16.6. The number of nitrogens with zero attached hydrogens (tertiary/aromatic N) is 6. The maximum Gasteiger partial charge on any atom is 0.308 e. The topological polar surface area (TPSA) is 85.6 Å². The number of hydrogen-bond acceptors (Lipinski definition) is 8. The molecule has 2 aromatic heterocycles. The van der Waals surface area contributed by atoms with Crippen LogP contribution in [0.3, 0.4) is 0 Å². The highest BCUT2D eigenvalue weighted by atomic mass is 19.1. The zero-order valence-electron chi connectivity index (χ0n) is 22.3. The van der Waals surface area contributed by atoms with Crippen LogP contribution in [-0.2, 0) is 16.1 Å². The highest BCUT2D eigenvalue weighted by Crippen LogP contribution is 2.28. The molecule has 0 bridgehead atoms. The average Bonchev–Trinajstić information content (AvgIpc) is 3.32. The predicted molar refractivity (Wildman–Crippen MR) is 147 cm³/mol. The molecular weight excluding hydrogens is 499 g/mol. The van der Waals surface area contributed by atoms with Crippen LogP contribution in [0.2, 0.25) is 0 Å². The number of halogens is 1. The minimum Gasteiger partial charge on any atom is -0.440 e. The van der Waals surface area contributed by atoms with E-state index in [9.17, 15) is 9.18 Å². The molecule has 0 spiro atoms. The van der Waals surface area contributed by atoms with E-state index in [0.717, 1.165) is 54.9 Å². The van der Waals surface area contributed by atoms with Gasteiger partial charge in [0.1, 0.15) is 5.82 Å². The number of ether oxygens (including phenoxy) is 2. The van der Waals surface area contributed by atoms with Crippen LogP contribution in [0.4, 0.5) is 16.3 Å². The Bertz CT molecular complexity index is 1400. The van der Waals surface area contributed by atoms with Crippen LogP contribution in [-0.4, -0.2) is 58.5 Å². The van der Waals surface area contributed by atoms with Crippen molar-refractivity contribution in [1.82, 2.24) is 19.5 Å². The molecule has 1 saturated heterocycles. The Labute approximate surface area is 227 Å². The van der Waals surface area contributed by atoms with Gasteiger partial charge in [0.2, 0.25) is 24.6 Å². The number of carbonyl (C=O) groups excluding carboxylic acids is 1. The van der Waals surface area contributed by atoms with E-state index in [4.69, 9.17) is 14.5 Å². The van der Waals surface area contributed by atoms with Gasteiger partial charge >= 0.3 is 5.97 Å². The van der Waals surface area contributed by atoms with E-state index in [1.165, 1.54) is 12.1 Å². The molecule has 39 heavy (non-hydrogen) atoms. The molecule has 1 aliphatic heterocycles. The summed E-state index contributed by atoms with van der Waals surface area (Å²) in [5, 5.41) is 0. The maximum atomic E-state index is 13.5. The first-order valence-electron chi connectivity index (χ1n) is 13.3. The Kier molecular flexibility index (Phi) is 8.19. The molecule has 9 nitrogen and oxygen atoms in total. The Balaban J connectivity index is 1.25. The number of imidazole rings is 1. The predicted octanol–water partition coefficient (Wildman–Crippen LogP) is 4.80. The zero-order valence-corrected chi connectivity index (χ0v) is 22.3. The minimum absolute atomic E-state index is 0.170. The number of piperidine rings is 1. The molecule has 5 rings (SSSR count). The molecule has 0 unspecified atom stereocenters. The first-order chi connectivity index (χ1) is 19.0. The van der Waals surface area contributed by atoms with Gasteiger partial charge in [-0.25, -0.2) is 14.4 Å². The Morgan fingerprint density at radius 3 is 2.62 bits per heavy atom. The third-order valence-corrected chi connectivity index (χ3v) is 7.00. The van der Waals surface area contributed by atoms with Crippen molar-refractivity contribution in [3.63, 3.8) is 0 Å². The summed E-state index contributed by atoms with van der Waals surface area (Å²) in [6.07, 6.45) is 4.54. The molecule has 0 radical (unpaired) electrons. The lowest BCUT2D eigenvalue weighted by molar-refractivity contribution is -0.150. The van der Waals surface area contributed by atoms with Gasteiger partial charge in [-0.3, -0.25) is 4.79 Å². The van der Waals surface area contributed by atoms with Crippen LogP contribution in [0, 0.1) is 5.82 Å². The van der Waals surface area contributed by atoms with E-state index in [-0.39, 0.29) is 24.6 Å². The molecule has 4 aromatic rings. The number of esters is 1. The number of aromatic nitrogens is 4. The van der Waals surface area contributed by atoms with Crippen LogP contribution in [0.1, 0.15) is 38.2 Å². The maximum absolute atomic E-state index is 13.5. The molecule has 0 saturated carbocycles. The lowest BCUT2D eigenvalue weighted by Gasteiger charge is -2.37. The summed E-state index contributed by atoms with van der Waals surface area (Å²) in [5.74, 6) is 1.32. The second-order valence-electron chi connectivity index (χ2n) is 9.67. The molecule has 204 valence electrons. The lowest BCUT2D eigenvalue weighted by Crippen LogP contribution is -2.44. The standard InChI is InChI=1S/C29H33FN6O3/c1-3-6-27(37)39-20-38-26-13-16-31-28(33-26)34(2)23-14-17-35(18-15-23)29-32-24-7-4-5-8-25(24)36(29)19-21-9-11-22(30)12-10-21/h4-5,7-13,16,23H,3,6,14-15,17-20H2,1-2H3. The van der Waals surface area contributed by atoms with E-state index in [2.05, 4.69) is 30.4 Å². The smallest absolute Gasteiger partial charge is 0.308 e. The molecule has 2 aromatic carbocycles. The van der Waals surface area contributed by atoms with Crippen LogP contribution in [0.5, 0.6) is 5.88 Å². The summed E-state index contributed by atoms with van der Waals surface area (Å²) in [7, 11) is 1.99. The van der Waals surface area contributed by atoms with E-state index >= 15 is 0 Å². The first kappa shape index (κ1) is 26.4. The normalized spacial score (nSPS) is 14.0. The number of fused-ring (bicyclic) bond motifs is 1. The molecule has 10 heteroatoms. The summed E-state index contributed by atoms with van der Waals surface area (Å²) in [5.41, 5.74) is 3.02. The van der Waals surface area contributed by atoms with Gasteiger partial charge in [-0.2, -0.15) is 4.98 Å². The second kappa shape index (κ2) is 12.1. The number of carbonyl (C=O) groups is 1. The average molecular weight is 533 g/mol. The third-order valence-electron chi connectivity index (χ3n) is 7.00. The van der Waals surface area contributed by atoms with Gasteiger partial charge in [0.15, 0.2) is 0 Å². The summed E-state index contributed by atoms with van der Waals surface area (Å²) in [6.45, 7) is 4.01. The molecule has 1 aliphatic rings. The van der Waals surface area contributed by atoms with Gasteiger partial charge in [0.25, 0.3) is 0 Å². The van der Waals surface area contributed by atoms with Crippen molar-refractivity contribution in [3.05, 3.63) is 72.2 Å². The van der Waals surface area contributed by atoms with Crippen molar-refractivity contribution < 1.29 is 18.7 Å². The molecule has 0 N–H and O–H groups in total. The molecule has 3 heterocycles. The third kappa shape index (κ3) is 6.27. The quantitative estimate of drug-likeness (QED) is 0.213. The number of anilines is 2. The van der Waals surface area contributed by atoms with E-state index in [1.54, 1.807) is 12.3 Å². The number of benzene rings is 2. The Morgan fingerprint density at radius 2 is 1.85 bits per heavy atom. The first-order valence-corrected chi connectivity index (χ1v) is 13.3. The largest absolute Gasteiger partial charge is 0.440 e. The van der Waals surface area contributed by atoms with Gasteiger partial charge in [-0.1, -0.05) is 31.2 Å². The van der Waals surface area contributed by atoms with Gasteiger partial charge in [0, 0.05) is 44.9 Å². The second-order valence-corrected chi connectivity index (χ2v) is 9.67. The number of para-hydroxylation sites is 2. The molecule has 0 aliphatic carbocycles. The van der Waals surface area contributed by atoms with Crippen LogP contribution in [0.15, 0.2) is 60.8 Å². The van der Waals surface area contributed by atoms with Crippen LogP contribution >= 0.6 is 0 Å². The molecular formula is C29H33FN6O3. The van der Waals surface area contributed by atoms with E-state index < -0.39 is 0 Å². The van der Waals surface area contributed by atoms with Crippen molar-refractivity contribution in [1.29, 1.82) is 0 Å². The SMILES string of the molecule is CCCC(=O)OCOc1ccnc(N(C)C2CCN(c3nc4ccccc4n3Cc3ccc(F)cc3)CC2)n1.